The number of nitro benzene ring substituents is 1. The van der Waals surface area contributed by atoms with Crippen LogP contribution in [0.5, 0.6) is 5.75 Å². The van der Waals surface area contributed by atoms with Crippen LogP contribution in [0.15, 0.2) is 24.4 Å². The van der Waals surface area contributed by atoms with Gasteiger partial charge in [0.1, 0.15) is 17.5 Å². The molecule has 1 atom stereocenters. The van der Waals surface area contributed by atoms with Crippen molar-refractivity contribution in [2.45, 2.75) is 51.1 Å². The second-order valence-electron chi connectivity index (χ2n) is 7.84. The minimum Gasteiger partial charge on any atom is -0.494 e. The molecule has 2 aromatic rings. The summed E-state index contributed by atoms with van der Waals surface area (Å²) in [7, 11) is 3.21. The van der Waals surface area contributed by atoms with E-state index in [2.05, 4.69) is 15.2 Å². The number of hydrogen-bond donors (Lipinski definition) is 1. The standard InChI is InChI=1S/C21H26N6O4/c1-4-16-20(28)25(2)17-12-22-21(24-19(17)26(16)13-7-5-6-8-13)23-15-10-9-14(27(29)30)11-18(15)31-3/h9-13,16H,4-8H2,1-3H3,(H,22,23,24). The second kappa shape index (κ2) is 8.37. The molecule has 1 fully saturated rings. The monoisotopic (exact) mass is 426 g/mol. The number of hydrogen-bond acceptors (Lipinski definition) is 8. The first-order chi connectivity index (χ1) is 14.9. The summed E-state index contributed by atoms with van der Waals surface area (Å²) in [6.45, 7) is 2.02. The Morgan fingerprint density at radius 2 is 2.06 bits per heavy atom. The number of carbonyl (C=O) groups excluding carboxylic acids is 1. The predicted octanol–water partition coefficient (Wildman–Crippen LogP) is 3.64. The number of anilines is 4. The lowest BCUT2D eigenvalue weighted by Crippen LogP contribution is -2.55. The quantitative estimate of drug-likeness (QED) is 0.550. The SMILES string of the molecule is CCC1C(=O)N(C)c2cnc(Nc3ccc([N+](=O)[O-])cc3OC)nc2N1C1CCCC1. The first-order valence-electron chi connectivity index (χ1n) is 10.5. The molecule has 0 radical (unpaired) electrons. The Hall–Kier alpha value is -3.43. The molecule has 2 aliphatic rings. The molecular weight excluding hydrogens is 400 g/mol. The number of rotatable bonds is 6. The summed E-state index contributed by atoms with van der Waals surface area (Å²) >= 11 is 0. The van der Waals surface area contributed by atoms with Gasteiger partial charge in [-0.15, -0.1) is 0 Å². The molecule has 4 rings (SSSR count). The van der Waals surface area contributed by atoms with E-state index in [4.69, 9.17) is 9.72 Å². The average molecular weight is 426 g/mol. The van der Waals surface area contributed by atoms with Crippen LogP contribution in [0.1, 0.15) is 39.0 Å². The van der Waals surface area contributed by atoms with E-state index < -0.39 is 4.92 Å². The van der Waals surface area contributed by atoms with Crippen molar-refractivity contribution < 1.29 is 14.5 Å². The van der Waals surface area contributed by atoms with Gasteiger partial charge in [-0.3, -0.25) is 14.9 Å². The Labute approximate surface area is 180 Å². The zero-order chi connectivity index (χ0) is 22.1. The molecule has 1 aromatic heterocycles. The van der Waals surface area contributed by atoms with Crippen molar-refractivity contribution >= 4 is 34.7 Å². The van der Waals surface area contributed by atoms with E-state index in [1.165, 1.54) is 19.2 Å². The zero-order valence-electron chi connectivity index (χ0n) is 17.9. The fourth-order valence-electron chi connectivity index (χ4n) is 4.46. The molecule has 1 amide bonds. The van der Waals surface area contributed by atoms with Gasteiger partial charge in [0.25, 0.3) is 5.69 Å². The summed E-state index contributed by atoms with van der Waals surface area (Å²) in [5, 5.41) is 14.2. The molecule has 164 valence electrons. The van der Waals surface area contributed by atoms with Crippen molar-refractivity contribution in [1.29, 1.82) is 0 Å². The van der Waals surface area contributed by atoms with Gasteiger partial charge in [-0.25, -0.2) is 4.98 Å². The number of likely N-dealkylation sites (N-methyl/N-ethyl adjacent to an activating group) is 1. The Morgan fingerprint density at radius 3 is 2.71 bits per heavy atom. The number of non-ortho nitro benzene ring substituents is 1. The van der Waals surface area contributed by atoms with E-state index in [-0.39, 0.29) is 23.7 Å². The number of nitrogens with zero attached hydrogens (tertiary/aromatic N) is 5. The predicted molar refractivity (Wildman–Crippen MR) is 117 cm³/mol. The Balaban J connectivity index is 1.72. The van der Waals surface area contributed by atoms with Crippen molar-refractivity contribution in [3.05, 3.63) is 34.5 Å². The Kier molecular flexibility index (Phi) is 5.62. The number of benzene rings is 1. The van der Waals surface area contributed by atoms with E-state index in [9.17, 15) is 14.9 Å². The number of amides is 1. The molecule has 10 nitrogen and oxygen atoms in total. The van der Waals surface area contributed by atoms with E-state index >= 15 is 0 Å². The van der Waals surface area contributed by atoms with Gasteiger partial charge < -0.3 is 19.9 Å². The minimum atomic E-state index is -0.473. The maximum Gasteiger partial charge on any atom is 0.273 e. The molecule has 1 saturated carbocycles. The third-order valence-electron chi connectivity index (χ3n) is 6.05. The lowest BCUT2D eigenvalue weighted by molar-refractivity contribution is -0.384. The number of nitrogens with one attached hydrogen (secondary N) is 1. The summed E-state index contributed by atoms with van der Waals surface area (Å²) in [5.74, 6) is 1.45. The van der Waals surface area contributed by atoms with Gasteiger partial charge in [0.05, 0.1) is 30.0 Å². The first kappa shape index (κ1) is 20.8. The maximum atomic E-state index is 13.0. The molecule has 1 aliphatic heterocycles. The normalized spacial score (nSPS) is 18.8. The summed E-state index contributed by atoms with van der Waals surface area (Å²) in [5.41, 5.74) is 1.14. The maximum absolute atomic E-state index is 13.0. The van der Waals surface area contributed by atoms with Crippen molar-refractivity contribution in [3.8, 4) is 5.75 Å². The Morgan fingerprint density at radius 1 is 1.32 bits per heavy atom. The summed E-state index contributed by atoms with van der Waals surface area (Å²) in [6.07, 6.45) is 6.71. The first-order valence-corrected chi connectivity index (χ1v) is 10.5. The van der Waals surface area contributed by atoms with Crippen LogP contribution in [0.2, 0.25) is 0 Å². The Bertz CT molecular complexity index is 1010. The number of fused-ring (bicyclic) bond motifs is 1. The van der Waals surface area contributed by atoms with Crippen LogP contribution in [0, 0.1) is 10.1 Å². The van der Waals surface area contributed by atoms with Crippen LogP contribution in [-0.2, 0) is 4.79 Å². The smallest absolute Gasteiger partial charge is 0.273 e. The molecule has 2 heterocycles. The molecule has 31 heavy (non-hydrogen) atoms. The molecule has 1 aromatic carbocycles. The van der Waals surface area contributed by atoms with Crippen LogP contribution in [0.25, 0.3) is 0 Å². The highest BCUT2D eigenvalue weighted by molar-refractivity contribution is 6.04. The van der Waals surface area contributed by atoms with Gasteiger partial charge >= 0.3 is 0 Å². The highest BCUT2D eigenvalue weighted by Crippen LogP contribution is 2.40. The molecular formula is C21H26N6O4. The van der Waals surface area contributed by atoms with Crippen molar-refractivity contribution in [2.75, 3.05) is 29.3 Å². The molecule has 1 N–H and O–H groups in total. The van der Waals surface area contributed by atoms with Crippen LogP contribution in [-0.4, -0.2) is 47.0 Å². The number of methoxy groups -OCH3 is 1. The highest BCUT2D eigenvalue weighted by Gasteiger charge is 2.41. The van der Waals surface area contributed by atoms with Gasteiger partial charge in [-0.2, -0.15) is 4.98 Å². The number of nitro groups is 1. The van der Waals surface area contributed by atoms with Crippen molar-refractivity contribution in [2.24, 2.45) is 0 Å². The van der Waals surface area contributed by atoms with E-state index in [0.29, 0.717) is 29.5 Å². The van der Waals surface area contributed by atoms with Gasteiger partial charge in [0.2, 0.25) is 11.9 Å². The molecule has 0 saturated heterocycles. The van der Waals surface area contributed by atoms with E-state index in [1.807, 2.05) is 6.92 Å². The average Bonchev–Trinajstić information content (AvgIpc) is 3.30. The van der Waals surface area contributed by atoms with E-state index in [0.717, 1.165) is 31.5 Å². The van der Waals surface area contributed by atoms with Crippen LogP contribution >= 0.6 is 0 Å². The molecule has 0 spiro atoms. The lowest BCUT2D eigenvalue weighted by atomic mass is 10.0. The summed E-state index contributed by atoms with van der Waals surface area (Å²) < 4.78 is 5.30. The third-order valence-corrected chi connectivity index (χ3v) is 6.05. The summed E-state index contributed by atoms with van der Waals surface area (Å²) in [6, 6.07) is 4.34. The van der Waals surface area contributed by atoms with Gasteiger partial charge in [0, 0.05) is 19.2 Å². The van der Waals surface area contributed by atoms with Gasteiger partial charge in [0.15, 0.2) is 5.82 Å². The van der Waals surface area contributed by atoms with Crippen molar-refractivity contribution in [1.82, 2.24) is 9.97 Å². The highest BCUT2D eigenvalue weighted by atomic mass is 16.6. The number of ether oxygens (including phenoxy) is 1. The van der Waals surface area contributed by atoms with Crippen LogP contribution < -0.4 is 19.9 Å². The summed E-state index contributed by atoms with van der Waals surface area (Å²) in [4.78, 5) is 36.5. The molecule has 1 aliphatic carbocycles. The number of aromatic nitrogens is 2. The zero-order valence-corrected chi connectivity index (χ0v) is 17.9. The minimum absolute atomic E-state index is 0.0586. The second-order valence-corrected chi connectivity index (χ2v) is 7.84. The van der Waals surface area contributed by atoms with Crippen molar-refractivity contribution in [3.63, 3.8) is 0 Å². The topological polar surface area (TPSA) is 114 Å². The molecule has 0 bridgehead atoms. The number of carbonyl (C=O) groups is 1. The van der Waals surface area contributed by atoms with Gasteiger partial charge in [-0.1, -0.05) is 19.8 Å². The van der Waals surface area contributed by atoms with Crippen LogP contribution in [0.4, 0.5) is 28.8 Å². The fourth-order valence-corrected chi connectivity index (χ4v) is 4.46. The van der Waals surface area contributed by atoms with E-state index in [1.54, 1.807) is 24.2 Å². The molecule has 10 heteroatoms. The third kappa shape index (κ3) is 3.73. The fraction of sp³-hybridized carbons (Fsp3) is 0.476. The largest absolute Gasteiger partial charge is 0.494 e. The van der Waals surface area contributed by atoms with Crippen LogP contribution in [0.3, 0.4) is 0 Å². The molecule has 1 unspecified atom stereocenters. The van der Waals surface area contributed by atoms with Gasteiger partial charge in [-0.05, 0) is 25.3 Å². The lowest BCUT2D eigenvalue weighted by Gasteiger charge is -2.43.